The standard InChI is InChI=1S/C11H15N3O/c1-8-7-14-9(6-13-10(14)15-8)2-3-11(12)4-5-11/h6-7H,2-5,12H2,1H3. The van der Waals surface area contributed by atoms with Crippen LogP contribution in [0.1, 0.15) is 30.7 Å². The van der Waals surface area contributed by atoms with Crippen molar-refractivity contribution in [1.29, 1.82) is 0 Å². The van der Waals surface area contributed by atoms with Crippen LogP contribution < -0.4 is 5.73 Å². The third-order valence-electron chi connectivity index (χ3n) is 3.17. The Morgan fingerprint density at radius 1 is 1.60 bits per heavy atom. The van der Waals surface area contributed by atoms with Crippen molar-refractivity contribution in [3.8, 4) is 0 Å². The molecule has 2 aromatic heterocycles. The first kappa shape index (κ1) is 8.97. The van der Waals surface area contributed by atoms with E-state index in [1.54, 1.807) is 0 Å². The highest BCUT2D eigenvalue weighted by atomic mass is 16.4. The minimum Gasteiger partial charge on any atom is -0.429 e. The second-order valence-corrected chi connectivity index (χ2v) is 4.61. The molecule has 0 unspecified atom stereocenters. The number of hydrogen-bond donors (Lipinski definition) is 1. The molecule has 0 aliphatic heterocycles. The van der Waals surface area contributed by atoms with Crippen molar-refractivity contribution in [3.05, 3.63) is 23.8 Å². The van der Waals surface area contributed by atoms with Crippen LogP contribution in [0.15, 0.2) is 16.8 Å². The molecule has 0 saturated heterocycles. The highest BCUT2D eigenvalue weighted by Crippen LogP contribution is 2.36. The molecule has 1 fully saturated rings. The average molecular weight is 205 g/mol. The maximum atomic E-state index is 6.06. The van der Waals surface area contributed by atoms with Gasteiger partial charge in [0.15, 0.2) is 0 Å². The monoisotopic (exact) mass is 205 g/mol. The number of imidazole rings is 1. The molecule has 0 aromatic carbocycles. The number of rotatable bonds is 3. The number of aryl methyl sites for hydroxylation is 2. The van der Waals surface area contributed by atoms with Crippen molar-refractivity contribution >= 4 is 5.84 Å². The van der Waals surface area contributed by atoms with Crippen LogP contribution in [0.3, 0.4) is 0 Å². The second kappa shape index (κ2) is 2.85. The quantitative estimate of drug-likeness (QED) is 0.829. The Kier molecular flexibility index (Phi) is 1.71. The molecule has 4 nitrogen and oxygen atoms in total. The van der Waals surface area contributed by atoms with Gasteiger partial charge in [0.2, 0.25) is 0 Å². The lowest BCUT2D eigenvalue weighted by atomic mass is 10.1. The second-order valence-electron chi connectivity index (χ2n) is 4.61. The van der Waals surface area contributed by atoms with Gasteiger partial charge in [-0.1, -0.05) is 0 Å². The highest BCUT2D eigenvalue weighted by Gasteiger charge is 2.37. The molecule has 0 bridgehead atoms. The Balaban J connectivity index is 1.83. The van der Waals surface area contributed by atoms with E-state index >= 15 is 0 Å². The zero-order valence-corrected chi connectivity index (χ0v) is 8.86. The minimum atomic E-state index is 0.114. The summed E-state index contributed by atoms with van der Waals surface area (Å²) in [6, 6.07) is 0. The summed E-state index contributed by atoms with van der Waals surface area (Å²) in [5, 5.41) is 0. The lowest BCUT2D eigenvalue weighted by Crippen LogP contribution is -2.22. The fourth-order valence-electron chi connectivity index (χ4n) is 1.92. The first-order valence-electron chi connectivity index (χ1n) is 5.38. The van der Waals surface area contributed by atoms with Gasteiger partial charge in [-0.05, 0) is 32.6 Å². The summed E-state index contributed by atoms with van der Waals surface area (Å²) in [6.07, 6.45) is 8.22. The van der Waals surface area contributed by atoms with E-state index in [1.165, 1.54) is 18.5 Å². The van der Waals surface area contributed by atoms with E-state index in [0.717, 1.165) is 18.6 Å². The maximum absolute atomic E-state index is 6.06. The van der Waals surface area contributed by atoms with Crippen molar-refractivity contribution in [2.75, 3.05) is 0 Å². The Morgan fingerprint density at radius 3 is 3.13 bits per heavy atom. The van der Waals surface area contributed by atoms with Crippen LogP contribution in [0.25, 0.3) is 5.84 Å². The van der Waals surface area contributed by atoms with Gasteiger partial charge >= 0.3 is 5.84 Å². The average Bonchev–Trinajstić information content (AvgIpc) is 2.65. The van der Waals surface area contributed by atoms with E-state index in [9.17, 15) is 0 Å². The van der Waals surface area contributed by atoms with Crippen molar-refractivity contribution in [1.82, 2.24) is 9.38 Å². The van der Waals surface area contributed by atoms with E-state index in [4.69, 9.17) is 10.2 Å². The Bertz CT molecular complexity index is 493. The zero-order valence-electron chi connectivity index (χ0n) is 8.86. The van der Waals surface area contributed by atoms with E-state index in [-0.39, 0.29) is 5.54 Å². The summed E-state index contributed by atoms with van der Waals surface area (Å²) >= 11 is 0. The van der Waals surface area contributed by atoms with E-state index in [1.807, 2.05) is 23.7 Å². The van der Waals surface area contributed by atoms with Gasteiger partial charge in [0.25, 0.3) is 0 Å². The predicted molar refractivity (Wildman–Crippen MR) is 56.7 cm³/mol. The largest absolute Gasteiger partial charge is 0.429 e. The number of oxazole rings is 1. The van der Waals surface area contributed by atoms with Crippen LogP contribution in [0.2, 0.25) is 0 Å². The van der Waals surface area contributed by atoms with E-state index < -0.39 is 0 Å². The first-order chi connectivity index (χ1) is 7.16. The van der Waals surface area contributed by atoms with Crippen molar-refractivity contribution in [2.45, 2.75) is 38.1 Å². The lowest BCUT2D eigenvalue weighted by Gasteiger charge is -2.06. The fraction of sp³-hybridized carbons (Fsp3) is 0.545. The smallest absolute Gasteiger partial charge is 0.306 e. The van der Waals surface area contributed by atoms with Gasteiger partial charge in [0.05, 0.1) is 12.4 Å². The van der Waals surface area contributed by atoms with Gasteiger partial charge in [-0.3, -0.25) is 4.40 Å². The molecule has 4 heteroatoms. The molecule has 2 N–H and O–H groups in total. The van der Waals surface area contributed by atoms with Crippen molar-refractivity contribution in [3.63, 3.8) is 0 Å². The number of hydrogen-bond acceptors (Lipinski definition) is 3. The van der Waals surface area contributed by atoms with Crippen molar-refractivity contribution < 1.29 is 4.42 Å². The third-order valence-corrected chi connectivity index (χ3v) is 3.17. The number of aromatic nitrogens is 2. The summed E-state index contributed by atoms with van der Waals surface area (Å²) in [5.74, 6) is 1.58. The number of nitrogens with two attached hydrogens (primary N) is 1. The number of fused-ring (bicyclic) bond motifs is 1. The lowest BCUT2D eigenvalue weighted by molar-refractivity contribution is 0.561. The van der Waals surface area contributed by atoms with Gasteiger partial charge in [-0.25, -0.2) is 4.98 Å². The molecule has 0 atom stereocenters. The molecule has 2 heterocycles. The predicted octanol–water partition coefficient (Wildman–Crippen LogP) is 1.66. The molecule has 0 radical (unpaired) electrons. The van der Waals surface area contributed by atoms with Gasteiger partial charge in [-0.15, -0.1) is 0 Å². The molecule has 1 aliphatic carbocycles. The zero-order chi connectivity index (χ0) is 10.5. The molecular formula is C11H15N3O. The molecule has 2 aromatic rings. The van der Waals surface area contributed by atoms with Gasteiger partial charge in [-0.2, -0.15) is 0 Å². The molecule has 1 aliphatic rings. The molecule has 15 heavy (non-hydrogen) atoms. The topological polar surface area (TPSA) is 56.5 Å². The van der Waals surface area contributed by atoms with Crippen LogP contribution in [0.5, 0.6) is 0 Å². The SMILES string of the molecule is Cc1cn2c(CCC3(N)CC3)cnc2o1. The minimum absolute atomic E-state index is 0.114. The van der Waals surface area contributed by atoms with Crippen molar-refractivity contribution in [2.24, 2.45) is 5.73 Å². The number of nitrogens with zero attached hydrogens (tertiary/aromatic N) is 2. The molecule has 80 valence electrons. The van der Waals surface area contributed by atoms with Crippen LogP contribution >= 0.6 is 0 Å². The van der Waals surface area contributed by atoms with Gasteiger partial charge in [0.1, 0.15) is 5.76 Å². The third kappa shape index (κ3) is 1.55. The Labute approximate surface area is 88.1 Å². The summed E-state index contributed by atoms with van der Waals surface area (Å²) in [4.78, 5) is 4.22. The van der Waals surface area contributed by atoms with Crippen LogP contribution in [0.4, 0.5) is 0 Å². The highest BCUT2D eigenvalue weighted by molar-refractivity contribution is 5.29. The maximum Gasteiger partial charge on any atom is 0.306 e. The summed E-state index contributed by atoms with van der Waals surface area (Å²) in [7, 11) is 0. The molecular weight excluding hydrogens is 190 g/mol. The van der Waals surface area contributed by atoms with E-state index in [2.05, 4.69) is 4.98 Å². The van der Waals surface area contributed by atoms with Crippen LogP contribution in [-0.4, -0.2) is 14.9 Å². The normalized spacial score (nSPS) is 18.5. The Morgan fingerprint density at radius 2 is 2.40 bits per heavy atom. The van der Waals surface area contributed by atoms with E-state index in [0.29, 0.717) is 5.84 Å². The van der Waals surface area contributed by atoms with Gasteiger partial charge < -0.3 is 10.2 Å². The molecule has 1 saturated carbocycles. The molecule has 3 rings (SSSR count). The summed E-state index contributed by atoms with van der Waals surface area (Å²) in [6.45, 7) is 1.93. The van der Waals surface area contributed by atoms with Crippen LogP contribution in [0, 0.1) is 6.92 Å². The fourth-order valence-corrected chi connectivity index (χ4v) is 1.92. The van der Waals surface area contributed by atoms with Crippen LogP contribution in [-0.2, 0) is 6.42 Å². The summed E-state index contributed by atoms with van der Waals surface area (Å²) in [5.41, 5.74) is 7.37. The Hall–Kier alpha value is -1.29. The molecule has 0 spiro atoms. The first-order valence-corrected chi connectivity index (χ1v) is 5.38. The van der Waals surface area contributed by atoms with Gasteiger partial charge in [0, 0.05) is 11.2 Å². The molecule has 0 amide bonds. The summed E-state index contributed by atoms with van der Waals surface area (Å²) < 4.78 is 7.43.